The van der Waals surface area contributed by atoms with Crippen LogP contribution in [0.15, 0.2) is 23.1 Å². The Bertz CT molecular complexity index is 945. The first-order valence-electron chi connectivity index (χ1n) is 9.77. The van der Waals surface area contributed by atoms with Crippen molar-refractivity contribution in [3.63, 3.8) is 0 Å². The van der Waals surface area contributed by atoms with Crippen LogP contribution in [-0.4, -0.2) is 63.9 Å². The summed E-state index contributed by atoms with van der Waals surface area (Å²) < 4.78 is 1.28. The van der Waals surface area contributed by atoms with Crippen LogP contribution in [0.25, 0.3) is 11.0 Å². The van der Waals surface area contributed by atoms with E-state index < -0.39 is 11.5 Å². The SMILES string of the molecule is CCN(CC)C(=O)Cn1c(=O)c(C(N)=O)cc2c(CCN3CCC3)ccnc21. The van der Waals surface area contributed by atoms with Gasteiger partial charge in [0.2, 0.25) is 5.91 Å². The molecule has 2 amide bonds. The minimum Gasteiger partial charge on any atom is -0.365 e. The van der Waals surface area contributed by atoms with Crippen molar-refractivity contribution in [3.8, 4) is 0 Å². The Labute approximate surface area is 163 Å². The van der Waals surface area contributed by atoms with Crippen LogP contribution in [-0.2, 0) is 17.8 Å². The third-order valence-electron chi connectivity index (χ3n) is 5.40. The van der Waals surface area contributed by atoms with Gasteiger partial charge in [-0.25, -0.2) is 4.98 Å². The van der Waals surface area contributed by atoms with Crippen molar-refractivity contribution in [2.75, 3.05) is 32.7 Å². The second kappa shape index (κ2) is 8.52. The first kappa shape index (κ1) is 20.0. The molecule has 0 aromatic carbocycles. The number of carbonyl (C=O) groups excluding carboxylic acids is 2. The number of nitrogens with two attached hydrogens (primary N) is 1. The van der Waals surface area contributed by atoms with E-state index in [9.17, 15) is 14.4 Å². The highest BCUT2D eigenvalue weighted by Crippen LogP contribution is 2.19. The van der Waals surface area contributed by atoms with Gasteiger partial charge in [0.25, 0.3) is 11.5 Å². The summed E-state index contributed by atoms with van der Waals surface area (Å²) >= 11 is 0. The lowest BCUT2D eigenvalue weighted by Crippen LogP contribution is -2.39. The zero-order valence-electron chi connectivity index (χ0n) is 16.5. The van der Waals surface area contributed by atoms with Gasteiger partial charge in [-0.05, 0) is 57.5 Å². The molecule has 3 rings (SSSR count). The van der Waals surface area contributed by atoms with Crippen LogP contribution in [0.2, 0.25) is 0 Å². The van der Waals surface area contributed by atoms with Gasteiger partial charge < -0.3 is 15.5 Å². The van der Waals surface area contributed by atoms with E-state index in [1.807, 2.05) is 19.9 Å². The highest BCUT2D eigenvalue weighted by molar-refractivity contribution is 5.96. The van der Waals surface area contributed by atoms with Crippen LogP contribution < -0.4 is 11.3 Å². The molecule has 2 aromatic rings. The van der Waals surface area contributed by atoms with Gasteiger partial charge in [-0.1, -0.05) is 0 Å². The molecular formula is C20H27N5O3. The van der Waals surface area contributed by atoms with Crippen LogP contribution in [0.1, 0.15) is 36.2 Å². The Balaban J connectivity index is 2.07. The molecule has 1 aliphatic heterocycles. The molecule has 28 heavy (non-hydrogen) atoms. The van der Waals surface area contributed by atoms with Gasteiger partial charge in [0.05, 0.1) is 0 Å². The van der Waals surface area contributed by atoms with E-state index in [1.54, 1.807) is 11.1 Å². The second-order valence-electron chi connectivity index (χ2n) is 7.03. The molecule has 0 saturated carbocycles. The summed E-state index contributed by atoms with van der Waals surface area (Å²) in [4.78, 5) is 45.7. The lowest BCUT2D eigenvalue weighted by Gasteiger charge is -2.30. The number of rotatable bonds is 8. The number of hydrogen-bond acceptors (Lipinski definition) is 5. The Morgan fingerprint density at radius 3 is 2.54 bits per heavy atom. The third-order valence-corrected chi connectivity index (χ3v) is 5.40. The number of likely N-dealkylation sites (N-methyl/N-ethyl adjacent to an activating group) is 1. The molecular weight excluding hydrogens is 358 g/mol. The number of primary amides is 1. The average molecular weight is 385 g/mol. The van der Waals surface area contributed by atoms with E-state index in [2.05, 4.69) is 9.88 Å². The summed E-state index contributed by atoms with van der Waals surface area (Å²) in [7, 11) is 0. The Kier molecular flexibility index (Phi) is 6.08. The third kappa shape index (κ3) is 3.91. The van der Waals surface area contributed by atoms with E-state index in [4.69, 9.17) is 5.73 Å². The predicted molar refractivity (Wildman–Crippen MR) is 107 cm³/mol. The zero-order valence-corrected chi connectivity index (χ0v) is 16.5. The Morgan fingerprint density at radius 1 is 1.25 bits per heavy atom. The number of fused-ring (bicyclic) bond motifs is 1. The Hall–Kier alpha value is -2.74. The maximum atomic E-state index is 12.8. The van der Waals surface area contributed by atoms with E-state index in [1.165, 1.54) is 17.1 Å². The van der Waals surface area contributed by atoms with E-state index in [-0.39, 0.29) is 18.0 Å². The van der Waals surface area contributed by atoms with Crippen molar-refractivity contribution in [1.29, 1.82) is 0 Å². The largest absolute Gasteiger partial charge is 0.365 e. The zero-order chi connectivity index (χ0) is 20.3. The minimum atomic E-state index is -0.798. The number of hydrogen-bond donors (Lipinski definition) is 1. The van der Waals surface area contributed by atoms with Crippen LogP contribution in [0.4, 0.5) is 0 Å². The monoisotopic (exact) mass is 385 g/mol. The van der Waals surface area contributed by atoms with Crippen molar-refractivity contribution < 1.29 is 9.59 Å². The average Bonchev–Trinajstić information content (AvgIpc) is 2.63. The summed E-state index contributed by atoms with van der Waals surface area (Å²) in [6, 6.07) is 3.42. The number of nitrogens with zero attached hydrogens (tertiary/aromatic N) is 4. The molecule has 0 aliphatic carbocycles. The van der Waals surface area contributed by atoms with Crippen molar-refractivity contribution >= 4 is 22.8 Å². The summed E-state index contributed by atoms with van der Waals surface area (Å²) in [6.07, 6.45) is 3.64. The van der Waals surface area contributed by atoms with Crippen LogP contribution in [0.3, 0.4) is 0 Å². The van der Waals surface area contributed by atoms with Gasteiger partial charge in [0, 0.05) is 31.2 Å². The maximum Gasteiger partial charge on any atom is 0.265 e. The quantitative estimate of drug-likeness (QED) is 0.717. The van der Waals surface area contributed by atoms with Gasteiger partial charge in [0.15, 0.2) is 0 Å². The predicted octanol–water partition coefficient (Wildman–Crippen LogP) is 0.612. The van der Waals surface area contributed by atoms with E-state index in [0.717, 1.165) is 31.6 Å². The number of likely N-dealkylation sites (tertiary alicyclic amines) is 1. The van der Waals surface area contributed by atoms with Crippen molar-refractivity contribution in [2.24, 2.45) is 5.73 Å². The summed E-state index contributed by atoms with van der Waals surface area (Å²) in [5, 5.41) is 0.698. The molecule has 0 atom stereocenters. The molecule has 150 valence electrons. The number of aromatic nitrogens is 2. The van der Waals surface area contributed by atoms with Crippen LogP contribution in [0.5, 0.6) is 0 Å². The molecule has 1 aliphatic rings. The molecule has 3 heterocycles. The van der Waals surface area contributed by atoms with Crippen LogP contribution in [0, 0.1) is 0 Å². The van der Waals surface area contributed by atoms with Gasteiger partial charge >= 0.3 is 0 Å². The highest BCUT2D eigenvalue weighted by Gasteiger charge is 2.20. The smallest absolute Gasteiger partial charge is 0.265 e. The summed E-state index contributed by atoms with van der Waals surface area (Å²) in [5.74, 6) is -0.990. The van der Waals surface area contributed by atoms with Gasteiger partial charge in [-0.2, -0.15) is 0 Å². The molecule has 2 N–H and O–H groups in total. The standard InChI is InChI=1S/C20H27N5O3/c1-3-24(4-2)17(26)13-25-19-15(12-16(18(21)27)20(25)28)14(6-8-22-19)7-11-23-9-5-10-23/h6,8,12H,3-5,7,9-11,13H2,1-2H3,(H2,21,27). The molecule has 0 bridgehead atoms. The van der Waals surface area contributed by atoms with Crippen LogP contribution >= 0.6 is 0 Å². The van der Waals surface area contributed by atoms with Crippen molar-refractivity contribution in [2.45, 2.75) is 33.2 Å². The molecule has 0 radical (unpaired) electrons. The molecule has 8 nitrogen and oxygen atoms in total. The van der Waals surface area contributed by atoms with Crippen molar-refractivity contribution in [1.82, 2.24) is 19.4 Å². The molecule has 0 spiro atoms. The van der Waals surface area contributed by atoms with E-state index >= 15 is 0 Å². The first-order valence-corrected chi connectivity index (χ1v) is 9.77. The normalized spacial score (nSPS) is 14.1. The number of pyridine rings is 2. The Morgan fingerprint density at radius 2 is 1.96 bits per heavy atom. The highest BCUT2D eigenvalue weighted by atomic mass is 16.2. The number of amides is 2. The molecule has 8 heteroatoms. The van der Waals surface area contributed by atoms with Gasteiger partial charge in [-0.3, -0.25) is 19.0 Å². The fraction of sp³-hybridized carbons (Fsp3) is 0.500. The van der Waals surface area contributed by atoms with Gasteiger partial charge in [-0.15, -0.1) is 0 Å². The topological polar surface area (TPSA) is 102 Å². The van der Waals surface area contributed by atoms with E-state index in [0.29, 0.717) is 24.1 Å². The second-order valence-corrected chi connectivity index (χ2v) is 7.03. The lowest BCUT2D eigenvalue weighted by molar-refractivity contribution is -0.131. The minimum absolute atomic E-state index is 0.113. The lowest BCUT2D eigenvalue weighted by atomic mass is 10.0. The van der Waals surface area contributed by atoms with Gasteiger partial charge in [0.1, 0.15) is 17.8 Å². The maximum absolute atomic E-state index is 12.8. The summed E-state index contributed by atoms with van der Waals surface area (Å²) in [5.41, 5.74) is 6.16. The molecule has 0 unspecified atom stereocenters. The summed E-state index contributed by atoms with van der Waals surface area (Å²) in [6.45, 7) is 7.79. The molecule has 1 saturated heterocycles. The fourth-order valence-electron chi connectivity index (χ4n) is 3.56. The number of carbonyl (C=O) groups is 2. The first-order chi connectivity index (χ1) is 13.5. The molecule has 2 aromatic heterocycles. The fourth-order valence-corrected chi connectivity index (χ4v) is 3.56. The van der Waals surface area contributed by atoms with Crippen molar-refractivity contribution in [3.05, 3.63) is 39.8 Å². The molecule has 1 fully saturated rings.